The Kier molecular flexibility index (Phi) is 3.41. The molecule has 0 N–H and O–H groups in total. The van der Waals surface area contributed by atoms with Crippen LogP contribution in [0.4, 0.5) is 0 Å². The molecule has 0 aromatic heterocycles. The van der Waals surface area contributed by atoms with E-state index in [1.165, 1.54) is 0 Å². The van der Waals surface area contributed by atoms with Crippen LogP contribution in [0.1, 0.15) is 27.7 Å². The zero-order valence-electron chi connectivity index (χ0n) is 7.52. The first-order valence-corrected chi connectivity index (χ1v) is 3.81. The summed E-state index contributed by atoms with van der Waals surface area (Å²) in [6.07, 6.45) is 6.37. The van der Waals surface area contributed by atoms with E-state index in [9.17, 15) is 0 Å². The third-order valence-corrected chi connectivity index (χ3v) is 1.44. The third-order valence-electron chi connectivity index (χ3n) is 1.44. The summed E-state index contributed by atoms with van der Waals surface area (Å²) in [4.78, 5) is 0. The number of rotatable bonds is 3. The Morgan fingerprint density at radius 1 is 1.30 bits per heavy atom. The molecule has 0 aromatic rings. The van der Waals surface area contributed by atoms with Crippen molar-refractivity contribution in [1.82, 2.24) is 0 Å². The van der Waals surface area contributed by atoms with Crippen molar-refractivity contribution in [3.05, 3.63) is 24.8 Å². The second-order valence-corrected chi connectivity index (χ2v) is 3.63. The van der Waals surface area contributed by atoms with Crippen LogP contribution < -0.4 is 0 Å². The molecule has 10 heavy (non-hydrogen) atoms. The lowest BCUT2D eigenvalue weighted by molar-refractivity contribution is 0.618. The van der Waals surface area contributed by atoms with Gasteiger partial charge in [-0.25, -0.2) is 0 Å². The Balaban J connectivity index is 3.98. The van der Waals surface area contributed by atoms with E-state index in [1.54, 1.807) is 0 Å². The summed E-state index contributed by atoms with van der Waals surface area (Å²) in [5.41, 5.74) is 0.157. The maximum Gasteiger partial charge on any atom is 0.000182 e. The molecule has 0 aromatic carbocycles. The molecule has 0 radical (unpaired) electrons. The lowest BCUT2D eigenvalue weighted by Gasteiger charge is -2.13. The van der Waals surface area contributed by atoms with Crippen LogP contribution in [0, 0.1) is 11.3 Å². The van der Waals surface area contributed by atoms with E-state index in [0.29, 0.717) is 5.92 Å². The van der Waals surface area contributed by atoms with Gasteiger partial charge >= 0.3 is 0 Å². The van der Waals surface area contributed by atoms with Crippen LogP contribution in [0.3, 0.4) is 0 Å². The summed E-state index contributed by atoms with van der Waals surface area (Å²) in [6.45, 7) is 12.4. The molecular weight excluding hydrogens is 120 g/mol. The Bertz CT molecular complexity index is 127. The zero-order valence-corrected chi connectivity index (χ0v) is 7.52. The van der Waals surface area contributed by atoms with E-state index in [1.807, 2.05) is 6.08 Å². The first-order chi connectivity index (χ1) is 4.48. The molecule has 0 atom stereocenters. The fourth-order valence-corrected chi connectivity index (χ4v) is 0.508. The molecule has 0 rings (SSSR count). The molecule has 0 spiro atoms. The molecule has 0 amide bonds. The van der Waals surface area contributed by atoms with E-state index < -0.39 is 0 Å². The molecule has 0 heterocycles. The lowest BCUT2D eigenvalue weighted by Crippen LogP contribution is -2.01. The predicted molar refractivity (Wildman–Crippen MR) is 48.0 cm³/mol. The van der Waals surface area contributed by atoms with Crippen LogP contribution in [0.2, 0.25) is 0 Å². The maximum atomic E-state index is 3.76. The fraction of sp³-hybridized carbons (Fsp3) is 0.600. The van der Waals surface area contributed by atoms with E-state index >= 15 is 0 Å². The van der Waals surface area contributed by atoms with Gasteiger partial charge in [0.2, 0.25) is 0 Å². The Morgan fingerprint density at radius 3 is 2.10 bits per heavy atom. The number of allylic oxidation sites excluding steroid dienone is 3. The Hall–Kier alpha value is -0.520. The smallest absolute Gasteiger partial charge is 0.000182 e. The first kappa shape index (κ1) is 9.48. The summed E-state index contributed by atoms with van der Waals surface area (Å²) in [6, 6.07) is 0. The standard InChI is InChI=1S/C10H18/c1-6-10(4,5)8-7-9(2)3/h6-9H,1H2,2-5H3/b8-7-. The highest BCUT2D eigenvalue weighted by molar-refractivity contribution is 5.04. The molecule has 0 aliphatic rings. The van der Waals surface area contributed by atoms with Crippen LogP contribution in [-0.2, 0) is 0 Å². The minimum absolute atomic E-state index is 0.157. The van der Waals surface area contributed by atoms with Crippen LogP contribution in [0.25, 0.3) is 0 Å². The number of hydrogen-bond acceptors (Lipinski definition) is 0. The zero-order chi connectivity index (χ0) is 8.20. The Morgan fingerprint density at radius 2 is 1.80 bits per heavy atom. The topological polar surface area (TPSA) is 0 Å². The molecule has 0 unspecified atom stereocenters. The highest BCUT2D eigenvalue weighted by Gasteiger charge is 2.06. The quantitative estimate of drug-likeness (QED) is 0.524. The molecule has 0 saturated carbocycles. The summed E-state index contributed by atoms with van der Waals surface area (Å²) in [5.74, 6) is 0.638. The van der Waals surface area contributed by atoms with Crippen LogP contribution >= 0.6 is 0 Å². The second kappa shape index (κ2) is 3.60. The van der Waals surface area contributed by atoms with Crippen molar-refractivity contribution in [2.75, 3.05) is 0 Å². The normalized spacial score (nSPS) is 12.9. The van der Waals surface area contributed by atoms with Gasteiger partial charge in [0.1, 0.15) is 0 Å². The van der Waals surface area contributed by atoms with Crippen LogP contribution in [0.5, 0.6) is 0 Å². The second-order valence-electron chi connectivity index (χ2n) is 3.63. The van der Waals surface area contributed by atoms with Gasteiger partial charge in [-0.05, 0) is 5.92 Å². The highest BCUT2D eigenvalue weighted by Crippen LogP contribution is 2.18. The summed E-state index contributed by atoms with van der Waals surface area (Å²) >= 11 is 0. The summed E-state index contributed by atoms with van der Waals surface area (Å²) in [7, 11) is 0. The minimum Gasteiger partial charge on any atom is -0.102 e. The highest BCUT2D eigenvalue weighted by atomic mass is 14.1. The molecule has 0 saturated heterocycles. The van der Waals surface area contributed by atoms with Crippen LogP contribution in [0.15, 0.2) is 24.8 Å². The summed E-state index contributed by atoms with van der Waals surface area (Å²) < 4.78 is 0. The van der Waals surface area contributed by atoms with Gasteiger partial charge in [-0.1, -0.05) is 45.9 Å². The van der Waals surface area contributed by atoms with E-state index in [4.69, 9.17) is 0 Å². The van der Waals surface area contributed by atoms with Gasteiger partial charge < -0.3 is 0 Å². The number of hydrogen-bond donors (Lipinski definition) is 0. The monoisotopic (exact) mass is 138 g/mol. The molecule has 0 bridgehead atoms. The predicted octanol–water partition coefficient (Wildman–Crippen LogP) is 3.41. The summed E-state index contributed by atoms with van der Waals surface area (Å²) in [5, 5.41) is 0. The van der Waals surface area contributed by atoms with Crippen molar-refractivity contribution >= 4 is 0 Å². The lowest BCUT2D eigenvalue weighted by atomic mass is 9.92. The van der Waals surface area contributed by atoms with Gasteiger partial charge in [0.05, 0.1) is 0 Å². The van der Waals surface area contributed by atoms with Gasteiger partial charge in [0.15, 0.2) is 0 Å². The van der Waals surface area contributed by atoms with Gasteiger partial charge in [0, 0.05) is 5.41 Å². The van der Waals surface area contributed by atoms with Gasteiger partial charge in [-0.2, -0.15) is 0 Å². The van der Waals surface area contributed by atoms with Crippen molar-refractivity contribution < 1.29 is 0 Å². The van der Waals surface area contributed by atoms with Gasteiger partial charge in [0.25, 0.3) is 0 Å². The molecule has 0 heteroatoms. The molecule has 0 aliphatic heterocycles. The minimum atomic E-state index is 0.157. The van der Waals surface area contributed by atoms with Crippen molar-refractivity contribution in [2.24, 2.45) is 11.3 Å². The molecule has 0 aliphatic carbocycles. The average Bonchev–Trinajstić information content (AvgIpc) is 1.85. The van der Waals surface area contributed by atoms with Crippen molar-refractivity contribution in [3.63, 3.8) is 0 Å². The molecule has 0 fully saturated rings. The third kappa shape index (κ3) is 4.37. The molecule has 58 valence electrons. The average molecular weight is 138 g/mol. The van der Waals surface area contributed by atoms with Crippen molar-refractivity contribution in [2.45, 2.75) is 27.7 Å². The van der Waals surface area contributed by atoms with Crippen LogP contribution in [-0.4, -0.2) is 0 Å². The van der Waals surface area contributed by atoms with Crippen molar-refractivity contribution in [3.8, 4) is 0 Å². The first-order valence-electron chi connectivity index (χ1n) is 3.81. The van der Waals surface area contributed by atoms with E-state index in [0.717, 1.165) is 0 Å². The van der Waals surface area contributed by atoms with E-state index in [2.05, 4.69) is 46.4 Å². The SMILES string of the molecule is C=CC(C)(C)/C=C\C(C)C. The largest absolute Gasteiger partial charge is 0.102 e. The maximum absolute atomic E-state index is 3.76. The molecular formula is C10H18. The van der Waals surface area contributed by atoms with Gasteiger partial charge in [-0.15, -0.1) is 6.58 Å². The Labute approximate surface area is 64.6 Å². The van der Waals surface area contributed by atoms with E-state index in [-0.39, 0.29) is 5.41 Å². The van der Waals surface area contributed by atoms with Crippen molar-refractivity contribution in [1.29, 1.82) is 0 Å². The fourth-order valence-electron chi connectivity index (χ4n) is 0.508. The molecule has 0 nitrogen and oxygen atoms in total. The van der Waals surface area contributed by atoms with Gasteiger partial charge in [-0.3, -0.25) is 0 Å².